The second-order valence-corrected chi connectivity index (χ2v) is 7.02. The Hall–Kier alpha value is -0.930. The van der Waals surface area contributed by atoms with Gasteiger partial charge in [0.15, 0.2) is 0 Å². The second kappa shape index (κ2) is 15.3. The van der Waals surface area contributed by atoms with Crippen LogP contribution >= 0.6 is 0 Å². The van der Waals surface area contributed by atoms with Crippen LogP contribution in [0.4, 0.5) is 8.78 Å². The molecule has 4 heteroatoms. The van der Waals surface area contributed by atoms with E-state index in [1.54, 1.807) is 6.20 Å². The van der Waals surface area contributed by atoms with Crippen molar-refractivity contribution in [3.05, 3.63) is 11.8 Å². The lowest BCUT2D eigenvalue weighted by Gasteiger charge is -2.13. The molecule has 0 rings (SSSR count). The van der Waals surface area contributed by atoms with E-state index in [0.29, 0.717) is 0 Å². The quantitative estimate of drug-likeness (QED) is 0.291. The molecule has 148 valence electrons. The lowest BCUT2D eigenvalue weighted by atomic mass is 10.0. The van der Waals surface area contributed by atoms with Crippen molar-refractivity contribution in [1.29, 1.82) is 0 Å². The van der Waals surface area contributed by atoms with Gasteiger partial charge in [-0.2, -0.15) is 8.78 Å². The summed E-state index contributed by atoms with van der Waals surface area (Å²) in [7, 11) is 0. The Bertz CT molecular complexity index is 367. The van der Waals surface area contributed by atoms with Gasteiger partial charge in [-0.25, -0.2) is 0 Å². The molecule has 0 saturated carbocycles. The lowest BCUT2D eigenvalue weighted by molar-refractivity contribution is -0.144. The van der Waals surface area contributed by atoms with E-state index in [0.717, 1.165) is 31.3 Å². The number of rotatable bonds is 16. The minimum atomic E-state index is -3.27. The Labute approximate surface area is 153 Å². The fourth-order valence-electron chi connectivity index (χ4n) is 2.79. The summed E-state index contributed by atoms with van der Waals surface area (Å²) in [6.45, 7) is 5.72. The molecular formula is C21H39F2NO. The van der Waals surface area contributed by atoms with Gasteiger partial charge in [-0.15, -0.1) is 0 Å². The number of nitrogens with one attached hydrogen (secondary N) is 1. The molecule has 0 spiro atoms. The summed E-state index contributed by atoms with van der Waals surface area (Å²) in [6.07, 6.45) is 16.1. The molecule has 0 fully saturated rings. The Morgan fingerprint density at radius 2 is 1.24 bits per heavy atom. The van der Waals surface area contributed by atoms with Crippen molar-refractivity contribution in [2.24, 2.45) is 0 Å². The molecular weight excluding hydrogens is 320 g/mol. The predicted molar refractivity (Wildman–Crippen MR) is 103 cm³/mol. The van der Waals surface area contributed by atoms with Crippen LogP contribution in [-0.4, -0.2) is 11.8 Å². The Kier molecular flexibility index (Phi) is 14.8. The highest BCUT2D eigenvalue weighted by molar-refractivity contribution is 5.84. The van der Waals surface area contributed by atoms with Crippen molar-refractivity contribution in [1.82, 2.24) is 5.32 Å². The zero-order chi connectivity index (χ0) is 19.0. The standard InChI is InChI=1S/C21H39F2NO/c1-4-7-9-11-13-15-17-19(16-14-12-10-8-5-2)18-24-20(25)21(22,23)6-3/h18H,4-17H2,1-3H3,(H,24,25)/b19-18+. The van der Waals surface area contributed by atoms with Crippen molar-refractivity contribution < 1.29 is 13.6 Å². The summed E-state index contributed by atoms with van der Waals surface area (Å²) in [5.41, 5.74) is 1.10. The molecule has 0 unspecified atom stereocenters. The molecule has 0 aromatic heterocycles. The normalized spacial score (nSPS) is 12.4. The summed E-state index contributed by atoms with van der Waals surface area (Å²) in [5, 5.41) is 2.34. The molecule has 0 aliphatic carbocycles. The van der Waals surface area contributed by atoms with Gasteiger partial charge in [-0.3, -0.25) is 4.79 Å². The van der Waals surface area contributed by atoms with Crippen molar-refractivity contribution >= 4 is 5.91 Å². The van der Waals surface area contributed by atoms with Crippen LogP contribution in [0.3, 0.4) is 0 Å². The van der Waals surface area contributed by atoms with Crippen LogP contribution in [0.25, 0.3) is 0 Å². The molecule has 0 aromatic carbocycles. The molecule has 25 heavy (non-hydrogen) atoms. The maximum atomic E-state index is 13.4. The van der Waals surface area contributed by atoms with Crippen molar-refractivity contribution in [2.75, 3.05) is 0 Å². The zero-order valence-electron chi connectivity index (χ0n) is 16.6. The fraction of sp³-hybridized carbons (Fsp3) is 0.857. The minimum Gasteiger partial charge on any atom is -0.327 e. The monoisotopic (exact) mass is 359 g/mol. The average molecular weight is 360 g/mol. The van der Waals surface area contributed by atoms with E-state index in [2.05, 4.69) is 19.2 Å². The molecule has 0 aliphatic heterocycles. The molecule has 2 nitrogen and oxygen atoms in total. The van der Waals surface area contributed by atoms with Crippen molar-refractivity contribution in [2.45, 2.75) is 117 Å². The predicted octanol–water partition coefficient (Wildman–Crippen LogP) is 7.14. The first-order valence-electron chi connectivity index (χ1n) is 10.3. The van der Waals surface area contributed by atoms with Crippen LogP contribution in [0.15, 0.2) is 11.8 Å². The topological polar surface area (TPSA) is 29.1 Å². The first kappa shape index (κ1) is 24.1. The van der Waals surface area contributed by atoms with E-state index in [9.17, 15) is 13.6 Å². The van der Waals surface area contributed by atoms with Crippen LogP contribution in [0, 0.1) is 0 Å². The van der Waals surface area contributed by atoms with Crippen molar-refractivity contribution in [3.63, 3.8) is 0 Å². The number of amides is 1. The third-order valence-electron chi connectivity index (χ3n) is 4.64. The molecule has 0 aromatic rings. The van der Waals surface area contributed by atoms with Gasteiger partial charge in [-0.05, 0) is 25.7 Å². The summed E-state index contributed by atoms with van der Waals surface area (Å²) in [4.78, 5) is 11.6. The van der Waals surface area contributed by atoms with Gasteiger partial charge in [-0.1, -0.05) is 84.1 Å². The number of unbranched alkanes of at least 4 members (excludes halogenated alkanes) is 9. The lowest BCUT2D eigenvalue weighted by Crippen LogP contribution is -2.37. The highest BCUT2D eigenvalue weighted by atomic mass is 19.3. The summed E-state index contributed by atoms with van der Waals surface area (Å²) >= 11 is 0. The maximum absolute atomic E-state index is 13.4. The highest BCUT2D eigenvalue weighted by Crippen LogP contribution is 2.20. The van der Waals surface area contributed by atoms with Crippen LogP contribution in [0.2, 0.25) is 0 Å². The maximum Gasteiger partial charge on any atom is 0.324 e. The van der Waals surface area contributed by atoms with Gasteiger partial charge in [0, 0.05) is 12.6 Å². The smallest absolute Gasteiger partial charge is 0.324 e. The molecule has 0 bridgehead atoms. The fourth-order valence-corrected chi connectivity index (χ4v) is 2.79. The van der Waals surface area contributed by atoms with Crippen LogP contribution in [0.1, 0.15) is 111 Å². The molecule has 1 N–H and O–H groups in total. The van der Waals surface area contributed by atoms with E-state index in [-0.39, 0.29) is 0 Å². The summed E-state index contributed by atoms with van der Waals surface area (Å²) in [6, 6.07) is 0. The van der Waals surface area contributed by atoms with Gasteiger partial charge in [0.1, 0.15) is 0 Å². The number of alkyl halides is 2. The van der Waals surface area contributed by atoms with Gasteiger partial charge in [0.05, 0.1) is 0 Å². The molecule has 0 saturated heterocycles. The summed E-state index contributed by atoms with van der Waals surface area (Å²) < 4.78 is 26.7. The minimum absolute atomic E-state index is 0.462. The van der Waals surface area contributed by atoms with E-state index in [1.165, 1.54) is 64.7 Å². The Morgan fingerprint density at radius 1 is 0.800 bits per heavy atom. The number of hydrogen-bond donors (Lipinski definition) is 1. The third kappa shape index (κ3) is 13.0. The second-order valence-electron chi connectivity index (χ2n) is 7.02. The average Bonchev–Trinajstić information content (AvgIpc) is 2.61. The van der Waals surface area contributed by atoms with Crippen LogP contribution < -0.4 is 5.32 Å². The number of carbonyl (C=O) groups is 1. The SMILES string of the molecule is CCCCCCCC/C(=C/NC(=O)C(F)(F)CC)CCCCCCC. The van der Waals surface area contributed by atoms with Crippen molar-refractivity contribution in [3.8, 4) is 0 Å². The van der Waals surface area contributed by atoms with Gasteiger partial charge in [0.25, 0.3) is 5.91 Å². The molecule has 0 atom stereocenters. The third-order valence-corrected chi connectivity index (χ3v) is 4.64. The largest absolute Gasteiger partial charge is 0.327 e. The molecule has 0 aliphatic rings. The number of hydrogen-bond acceptors (Lipinski definition) is 1. The van der Waals surface area contributed by atoms with E-state index in [1.807, 2.05) is 0 Å². The number of allylic oxidation sites excluding steroid dienone is 1. The van der Waals surface area contributed by atoms with E-state index >= 15 is 0 Å². The number of halogens is 2. The molecule has 1 amide bonds. The van der Waals surface area contributed by atoms with Crippen LogP contribution in [0.5, 0.6) is 0 Å². The first-order chi connectivity index (χ1) is 12.0. The Balaban J connectivity index is 4.35. The van der Waals surface area contributed by atoms with E-state index < -0.39 is 18.3 Å². The van der Waals surface area contributed by atoms with Gasteiger partial charge < -0.3 is 5.32 Å². The Morgan fingerprint density at radius 3 is 1.68 bits per heavy atom. The highest BCUT2D eigenvalue weighted by Gasteiger charge is 2.35. The van der Waals surface area contributed by atoms with E-state index in [4.69, 9.17) is 0 Å². The number of carbonyl (C=O) groups excluding carboxylic acids is 1. The summed E-state index contributed by atoms with van der Waals surface area (Å²) in [5.74, 6) is -4.45. The molecule has 0 radical (unpaired) electrons. The van der Waals surface area contributed by atoms with Gasteiger partial charge in [0.2, 0.25) is 0 Å². The molecule has 0 heterocycles. The van der Waals surface area contributed by atoms with Gasteiger partial charge >= 0.3 is 5.92 Å². The zero-order valence-corrected chi connectivity index (χ0v) is 16.6. The van der Waals surface area contributed by atoms with Crippen LogP contribution in [-0.2, 0) is 4.79 Å². The first-order valence-corrected chi connectivity index (χ1v) is 10.3.